The van der Waals surface area contributed by atoms with Crippen molar-refractivity contribution in [3.8, 4) is 11.6 Å². The van der Waals surface area contributed by atoms with E-state index in [2.05, 4.69) is 29.5 Å². The van der Waals surface area contributed by atoms with Gasteiger partial charge < -0.3 is 20.5 Å². The van der Waals surface area contributed by atoms with Crippen molar-refractivity contribution in [2.75, 3.05) is 13.2 Å². The molecule has 9 heteroatoms. The van der Waals surface area contributed by atoms with E-state index >= 15 is 0 Å². The Balaban J connectivity index is 0.000000318. The molecule has 0 spiro atoms. The maximum absolute atomic E-state index is 13.0. The molecule has 0 aliphatic heterocycles. The number of rotatable bonds is 6. The lowest BCUT2D eigenvalue weighted by molar-refractivity contribution is 0.101. The van der Waals surface area contributed by atoms with Crippen LogP contribution in [0.1, 0.15) is 69.7 Å². The number of ketones is 1. The van der Waals surface area contributed by atoms with Gasteiger partial charge in [-0.05, 0) is 50.1 Å². The van der Waals surface area contributed by atoms with Crippen LogP contribution < -0.4 is 15.4 Å². The zero-order valence-electron chi connectivity index (χ0n) is 20.1. The summed E-state index contributed by atoms with van der Waals surface area (Å²) in [6, 6.07) is 6.45. The van der Waals surface area contributed by atoms with Crippen molar-refractivity contribution in [1.82, 2.24) is 15.6 Å². The molecule has 1 heterocycles. The van der Waals surface area contributed by atoms with Crippen LogP contribution in [0.5, 0.6) is 11.6 Å². The van der Waals surface area contributed by atoms with E-state index < -0.39 is 11.6 Å². The first kappa shape index (κ1) is 29.0. The summed E-state index contributed by atoms with van der Waals surface area (Å²) in [5, 5.41) is 14.0. The highest BCUT2D eigenvalue weighted by atomic mass is 19.1. The lowest BCUT2D eigenvalue weighted by Gasteiger charge is -2.22. The molecule has 0 atom stereocenters. The molecule has 1 aromatic heterocycles. The van der Waals surface area contributed by atoms with Crippen LogP contribution in [0.4, 0.5) is 13.6 Å². The van der Waals surface area contributed by atoms with Crippen molar-refractivity contribution in [3.63, 3.8) is 0 Å². The molecule has 0 unspecified atom stereocenters. The normalized spacial score (nSPS) is 12.9. The number of amides is 2. The van der Waals surface area contributed by atoms with Gasteiger partial charge in [0.25, 0.3) is 0 Å². The van der Waals surface area contributed by atoms with Crippen molar-refractivity contribution in [2.45, 2.75) is 65.3 Å². The number of benzene rings is 1. The SMILES string of the molecule is CC(=O)c1cc(F)cnc1Oc1ccc(F)cc1.CCC.O=C(NCCO)NC1CCCCC1. The predicted molar refractivity (Wildman–Crippen MR) is 127 cm³/mol. The van der Waals surface area contributed by atoms with E-state index in [0.29, 0.717) is 18.3 Å². The van der Waals surface area contributed by atoms with E-state index in [1.807, 2.05) is 0 Å². The number of carbonyl (C=O) groups is 2. The number of pyridine rings is 1. The van der Waals surface area contributed by atoms with Crippen LogP contribution in [0.15, 0.2) is 36.5 Å². The minimum Gasteiger partial charge on any atom is -0.438 e. The molecule has 1 saturated carbocycles. The minimum absolute atomic E-state index is 0.00190. The van der Waals surface area contributed by atoms with E-state index in [-0.39, 0.29) is 29.9 Å². The summed E-state index contributed by atoms with van der Waals surface area (Å²) in [6.07, 6.45) is 8.09. The molecule has 1 aromatic carbocycles. The topological polar surface area (TPSA) is 101 Å². The van der Waals surface area contributed by atoms with E-state index in [1.54, 1.807) is 0 Å². The third-order valence-electron chi connectivity index (χ3n) is 4.56. The maximum Gasteiger partial charge on any atom is 0.315 e. The van der Waals surface area contributed by atoms with Crippen LogP contribution in [-0.2, 0) is 0 Å². The largest absolute Gasteiger partial charge is 0.438 e. The fourth-order valence-corrected chi connectivity index (χ4v) is 3.03. The minimum atomic E-state index is -0.619. The number of nitrogens with one attached hydrogen (secondary N) is 2. The molecule has 2 aromatic rings. The Morgan fingerprint density at radius 3 is 2.26 bits per heavy atom. The predicted octanol–water partition coefficient (Wildman–Crippen LogP) is 5.38. The molecule has 7 nitrogen and oxygen atoms in total. The summed E-state index contributed by atoms with van der Waals surface area (Å²) in [4.78, 5) is 26.2. The zero-order valence-corrected chi connectivity index (χ0v) is 20.1. The first-order valence-electron chi connectivity index (χ1n) is 11.6. The smallest absolute Gasteiger partial charge is 0.315 e. The van der Waals surface area contributed by atoms with Gasteiger partial charge in [-0.3, -0.25) is 4.79 Å². The van der Waals surface area contributed by atoms with Gasteiger partial charge in [0.05, 0.1) is 18.4 Å². The Bertz CT molecular complexity index is 873. The second-order valence-electron chi connectivity index (χ2n) is 7.78. The van der Waals surface area contributed by atoms with Gasteiger partial charge in [0.1, 0.15) is 17.4 Å². The van der Waals surface area contributed by atoms with E-state index in [4.69, 9.17) is 9.84 Å². The Kier molecular flexibility index (Phi) is 14.1. The second-order valence-corrected chi connectivity index (χ2v) is 7.78. The van der Waals surface area contributed by atoms with Crippen molar-refractivity contribution in [1.29, 1.82) is 0 Å². The summed E-state index contributed by atoms with van der Waals surface area (Å²) < 4.78 is 31.0. The van der Waals surface area contributed by atoms with Crippen LogP contribution >= 0.6 is 0 Å². The monoisotopic (exact) mass is 479 g/mol. The molecule has 34 heavy (non-hydrogen) atoms. The Morgan fingerprint density at radius 1 is 1.09 bits per heavy atom. The van der Waals surface area contributed by atoms with Crippen LogP contribution in [0.2, 0.25) is 0 Å². The molecule has 0 radical (unpaired) electrons. The van der Waals surface area contributed by atoms with Gasteiger partial charge in [-0.25, -0.2) is 18.6 Å². The van der Waals surface area contributed by atoms with Crippen LogP contribution in [0.3, 0.4) is 0 Å². The van der Waals surface area contributed by atoms with Crippen LogP contribution in [-0.4, -0.2) is 41.1 Å². The maximum atomic E-state index is 13.0. The van der Waals surface area contributed by atoms with Gasteiger partial charge in [0, 0.05) is 12.6 Å². The molecule has 1 aliphatic carbocycles. The molecule has 0 bridgehead atoms. The highest BCUT2D eigenvalue weighted by molar-refractivity contribution is 5.96. The number of carbonyl (C=O) groups excluding carboxylic acids is 2. The third-order valence-corrected chi connectivity index (χ3v) is 4.56. The number of aromatic nitrogens is 1. The van der Waals surface area contributed by atoms with Gasteiger partial charge in [-0.2, -0.15) is 0 Å². The number of hydrogen-bond acceptors (Lipinski definition) is 5. The summed E-state index contributed by atoms with van der Waals surface area (Å²) in [7, 11) is 0. The van der Waals surface area contributed by atoms with Crippen molar-refractivity contribution >= 4 is 11.8 Å². The van der Waals surface area contributed by atoms with Crippen LogP contribution in [0.25, 0.3) is 0 Å². The Morgan fingerprint density at radius 2 is 1.71 bits per heavy atom. The number of halogens is 2. The molecule has 1 aliphatic rings. The molecular formula is C25H35F2N3O4. The molecule has 3 N–H and O–H groups in total. The van der Waals surface area contributed by atoms with Gasteiger partial charge in [-0.1, -0.05) is 39.5 Å². The first-order chi connectivity index (χ1) is 16.3. The van der Waals surface area contributed by atoms with E-state index in [9.17, 15) is 18.4 Å². The number of nitrogens with zero attached hydrogens (tertiary/aromatic N) is 1. The number of aliphatic hydroxyl groups is 1. The van der Waals surface area contributed by atoms with Gasteiger partial charge in [0.2, 0.25) is 5.88 Å². The summed E-state index contributed by atoms with van der Waals surface area (Å²) in [5.41, 5.74) is 0.0410. The summed E-state index contributed by atoms with van der Waals surface area (Å²) in [6.45, 7) is 5.87. The number of ether oxygens (including phenoxy) is 1. The fraction of sp³-hybridized carbons (Fsp3) is 0.480. The van der Waals surface area contributed by atoms with Gasteiger partial charge in [0.15, 0.2) is 5.78 Å². The fourth-order valence-electron chi connectivity index (χ4n) is 3.03. The summed E-state index contributed by atoms with van der Waals surface area (Å²) in [5.74, 6) is -1.07. The van der Waals surface area contributed by atoms with Crippen molar-refractivity contribution in [3.05, 3.63) is 53.7 Å². The quantitative estimate of drug-likeness (QED) is 0.483. The Labute approximate surface area is 199 Å². The molecule has 188 valence electrons. The molecule has 2 amide bonds. The third kappa shape index (κ3) is 11.7. The zero-order chi connectivity index (χ0) is 25.3. The van der Waals surface area contributed by atoms with Crippen molar-refractivity contribution in [2.24, 2.45) is 0 Å². The van der Waals surface area contributed by atoms with Gasteiger partial charge >= 0.3 is 6.03 Å². The molecule has 1 fully saturated rings. The van der Waals surface area contributed by atoms with Crippen molar-refractivity contribution < 1.29 is 28.2 Å². The summed E-state index contributed by atoms with van der Waals surface area (Å²) >= 11 is 0. The number of aliphatic hydroxyl groups excluding tert-OH is 1. The van der Waals surface area contributed by atoms with E-state index in [1.165, 1.54) is 56.9 Å². The Hall–Kier alpha value is -3.07. The molecule has 3 rings (SSSR count). The average molecular weight is 480 g/mol. The highest BCUT2D eigenvalue weighted by Crippen LogP contribution is 2.24. The molecular weight excluding hydrogens is 444 g/mol. The van der Waals surface area contributed by atoms with Gasteiger partial charge in [-0.15, -0.1) is 0 Å². The number of Topliss-reactive ketones (excluding diaryl/α,β-unsaturated/α-hetero) is 1. The number of hydrogen-bond donors (Lipinski definition) is 3. The second kappa shape index (κ2) is 16.5. The highest BCUT2D eigenvalue weighted by Gasteiger charge is 2.15. The first-order valence-corrected chi connectivity index (χ1v) is 11.6. The number of urea groups is 1. The molecule has 0 saturated heterocycles. The van der Waals surface area contributed by atoms with Crippen LogP contribution in [0, 0.1) is 11.6 Å². The lowest BCUT2D eigenvalue weighted by Crippen LogP contribution is -2.43. The average Bonchev–Trinajstić information content (AvgIpc) is 2.82. The lowest BCUT2D eigenvalue weighted by atomic mass is 9.96. The van der Waals surface area contributed by atoms with E-state index in [0.717, 1.165) is 25.1 Å². The standard InChI is InChI=1S/C13H9F2NO2.C9H18N2O2.C3H8/c1-8(17)12-6-10(15)7-16-13(12)18-11-4-2-9(14)3-5-11;12-7-6-10-9(13)11-8-4-2-1-3-5-8;1-3-2/h2-7H,1H3;8,12H,1-7H2,(H2,10,11,13);3H2,1-2H3.